The summed E-state index contributed by atoms with van der Waals surface area (Å²) < 4.78 is 21.9. The molecule has 2 fully saturated rings. The van der Waals surface area contributed by atoms with Crippen molar-refractivity contribution in [2.75, 3.05) is 32.6 Å². The predicted molar refractivity (Wildman–Crippen MR) is 120 cm³/mol. The van der Waals surface area contributed by atoms with Crippen LogP contribution in [0.1, 0.15) is 42.6 Å². The van der Waals surface area contributed by atoms with E-state index >= 15 is 0 Å². The average Bonchev–Trinajstić information content (AvgIpc) is 3.38. The minimum absolute atomic E-state index is 0.0350. The van der Waals surface area contributed by atoms with Crippen LogP contribution in [0.25, 0.3) is 11.2 Å². The van der Waals surface area contributed by atoms with Gasteiger partial charge in [0.15, 0.2) is 11.5 Å². The molecule has 170 valence electrons. The summed E-state index contributed by atoms with van der Waals surface area (Å²) in [6.45, 7) is 3.93. The monoisotopic (exact) mass is 440 g/mol. The van der Waals surface area contributed by atoms with Gasteiger partial charge in [0.2, 0.25) is 5.88 Å². The molecule has 3 aromatic rings. The Balaban J connectivity index is 1.33. The summed E-state index contributed by atoms with van der Waals surface area (Å²) in [5.74, 6) is 0.911. The fraction of sp³-hybridized carbons (Fsp3) is 0.500. The van der Waals surface area contributed by atoms with Gasteiger partial charge >= 0.3 is 0 Å². The van der Waals surface area contributed by atoms with E-state index in [1.807, 2.05) is 23.6 Å². The highest BCUT2D eigenvalue weighted by atomic mass is 19.1. The molecule has 10 heteroatoms. The zero-order valence-electron chi connectivity index (χ0n) is 18.6. The Kier molecular flexibility index (Phi) is 5.66. The highest BCUT2D eigenvalue weighted by molar-refractivity contribution is 5.74. The molecule has 0 saturated carbocycles. The first-order valence-corrected chi connectivity index (χ1v) is 11.0. The number of likely N-dealkylation sites (tertiary alicyclic amines) is 1. The second kappa shape index (κ2) is 8.61. The molecule has 2 unspecified atom stereocenters. The third-order valence-corrected chi connectivity index (χ3v) is 6.38. The minimum atomic E-state index is -0.322. The molecule has 5 heterocycles. The number of methoxy groups -OCH3 is 1. The number of aromatic nitrogens is 4. The third kappa shape index (κ3) is 4.01. The van der Waals surface area contributed by atoms with Crippen molar-refractivity contribution in [1.82, 2.24) is 35.3 Å². The Morgan fingerprint density at radius 1 is 1.19 bits per heavy atom. The first kappa shape index (κ1) is 21.0. The van der Waals surface area contributed by atoms with E-state index in [1.165, 1.54) is 0 Å². The Hall–Kier alpha value is -2.82. The van der Waals surface area contributed by atoms with Gasteiger partial charge in [-0.3, -0.25) is 0 Å². The molecule has 2 saturated heterocycles. The topological polar surface area (TPSA) is 92.2 Å². The number of hydrogen-bond acceptors (Lipinski definition) is 8. The Morgan fingerprint density at radius 2 is 2.00 bits per heavy atom. The molecule has 2 atom stereocenters. The zero-order chi connectivity index (χ0) is 22.2. The van der Waals surface area contributed by atoms with Crippen molar-refractivity contribution in [3.8, 4) is 5.88 Å². The highest BCUT2D eigenvalue weighted by Crippen LogP contribution is 2.31. The number of rotatable bonds is 5. The van der Waals surface area contributed by atoms with Crippen LogP contribution >= 0.6 is 0 Å². The summed E-state index contributed by atoms with van der Waals surface area (Å²) in [5, 5.41) is 3.38. The third-order valence-electron chi connectivity index (χ3n) is 6.38. The largest absolute Gasteiger partial charge is 0.481 e. The van der Waals surface area contributed by atoms with Gasteiger partial charge in [0, 0.05) is 29.9 Å². The highest BCUT2D eigenvalue weighted by Gasteiger charge is 2.28. The Bertz CT molecular complexity index is 1110. The van der Waals surface area contributed by atoms with Gasteiger partial charge < -0.3 is 19.5 Å². The van der Waals surface area contributed by atoms with Crippen molar-refractivity contribution < 1.29 is 9.13 Å². The van der Waals surface area contributed by atoms with E-state index in [0.717, 1.165) is 43.6 Å². The van der Waals surface area contributed by atoms with Gasteiger partial charge in [-0.1, -0.05) is 6.07 Å². The molecule has 5 rings (SSSR count). The van der Waals surface area contributed by atoms with Gasteiger partial charge in [-0.25, -0.2) is 30.2 Å². The van der Waals surface area contributed by atoms with Crippen LogP contribution in [0.5, 0.6) is 5.88 Å². The van der Waals surface area contributed by atoms with E-state index in [-0.39, 0.29) is 24.1 Å². The lowest BCUT2D eigenvalue weighted by Gasteiger charge is -2.30. The summed E-state index contributed by atoms with van der Waals surface area (Å²) in [4.78, 5) is 15.8. The van der Waals surface area contributed by atoms with Crippen LogP contribution in [0, 0.1) is 12.7 Å². The lowest BCUT2D eigenvalue weighted by molar-refractivity contribution is 0.223. The molecule has 0 aliphatic carbocycles. The zero-order valence-corrected chi connectivity index (χ0v) is 18.6. The molecule has 0 amide bonds. The van der Waals surface area contributed by atoms with Crippen molar-refractivity contribution in [2.45, 2.75) is 44.4 Å². The lowest BCUT2D eigenvalue weighted by Crippen LogP contribution is -2.36. The molecule has 2 aliphatic rings. The maximum Gasteiger partial charge on any atom is 0.218 e. The first-order chi connectivity index (χ1) is 15.5. The van der Waals surface area contributed by atoms with Gasteiger partial charge in [0.25, 0.3) is 0 Å². The second-order valence-electron chi connectivity index (χ2n) is 8.67. The quantitative estimate of drug-likeness (QED) is 0.558. The van der Waals surface area contributed by atoms with Crippen LogP contribution in [-0.2, 0) is 0 Å². The smallest absolute Gasteiger partial charge is 0.218 e. The van der Waals surface area contributed by atoms with E-state index in [4.69, 9.17) is 9.72 Å². The lowest BCUT2D eigenvalue weighted by atomic mass is 10.1. The summed E-state index contributed by atoms with van der Waals surface area (Å²) in [7, 11) is 3.75. The number of anilines is 1. The summed E-state index contributed by atoms with van der Waals surface area (Å²) in [5.41, 5.74) is 9.37. The number of hydrogen-bond donors (Lipinski definition) is 3. The van der Waals surface area contributed by atoms with Crippen LogP contribution in [0.2, 0.25) is 0 Å². The number of nitrogens with one attached hydrogen (secondary N) is 3. The number of piperidine rings is 1. The van der Waals surface area contributed by atoms with E-state index in [2.05, 4.69) is 38.1 Å². The van der Waals surface area contributed by atoms with Gasteiger partial charge in [-0.2, -0.15) is 0 Å². The van der Waals surface area contributed by atoms with E-state index < -0.39 is 0 Å². The molecule has 3 N–H and O–H groups in total. The maximum atomic E-state index is 14.5. The summed E-state index contributed by atoms with van der Waals surface area (Å²) in [6.07, 6.45) is 5.77. The molecular formula is C22H29FN8O. The number of fused-ring (bicyclic) bond motifs is 1. The van der Waals surface area contributed by atoms with Crippen LogP contribution in [0.4, 0.5) is 10.2 Å². The number of halogens is 1. The van der Waals surface area contributed by atoms with Crippen LogP contribution in [0.15, 0.2) is 24.5 Å². The average molecular weight is 441 g/mol. The van der Waals surface area contributed by atoms with Gasteiger partial charge in [0.05, 0.1) is 25.5 Å². The van der Waals surface area contributed by atoms with Crippen molar-refractivity contribution in [2.24, 2.45) is 0 Å². The first-order valence-electron chi connectivity index (χ1n) is 11.0. The Labute approximate surface area is 186 Å². The molecule has 2 aliphatic heterocycles. The van der Waals surface area contributed by atoms with Crippen molar-refractivity contribution in [1.29, 1.82) is 0 Å². The number of hydrazine groups is 1. The SMILES string of the molecule is COc1nc(C)ccc1C1CC(Nc2cnc3c(F)cn(C4CCN(C)CC4)c3n2)NN1. The predicted octanol–water partition coefficient (Wildman–Crippen LogP) is 2.53. The summed E-state index contributed by atoms with van der Waals surface area (Å²) >= 11 is 0. The van der Waals surface area contributed by atoms with Gasteiger partial charge in [-0.15, -0.1) is 0 Å². The maximum absolute atomic E-state index is 14.5. The van der Waals surface area contributed by atoms with Crippen molar-refractivity contribution >= 4 is 17.0 Å². The van der Waals surface area contributed by atoms with Crippen molar-refractivity contribution in [3.63, 3.8) is 0 Å². The van der Waals surface area contributed by atoms with Crippen LogP contribution in [0.3, 0.4) is 0 Å². The molecule has 32 heavy (non-hydrogen) atoms. The van der Waals surface area contributed by atoms with E-state index in [1.54, 1.807) is 19.5 Å². The second-order valence-corrected chi connectivity index (χ2v) is 8.67. The molecule has 0 spiro atoms. The molecular weight excluding hydrogens is 411 g/mol. The van der Waals surface area contributed by atoms with Gasteiger partial charge in [0.1, 0.15) is 11.3 Å². The number of ether oxygens (including phenoxy) is 1. The standard InChI is InChI=1S/C22H29FN8O/c1-13-4-5-15(22(25-13)32-3)17-10-18(29-28-17)26-19-11-24-20-16(23)12-31(21(20)27-19)14-6-8-30(2)9-7-14/h4-5,11-12,14,17-18,28-29H,6-10H2,1-3H3,(H,26,27). The molecule has 0 bridgehead atoms. The fourth-order valence-corrected chi connectivity index (χ4v) is 4.60. The molecule has 0 aromatic carbocycles. The molecule has 9 nitrogen and oxygen atoms in total. The van der Waals surface area contributed by atoms with E-state index in [0.29, 0.717) is 22.9 Å². The minimum Gasteiger partial charge on any atom is -0.481 e. The fourth-order valence-electron chi connectivity index (χ4n) is 4.60. The normalized spacial score (nSPS) is 22.5. The van der Waals surface area contributed by atoms with Crippen LogP contribution in [-0.4, -0.2) is 57.8 Å². The Morgan fingerprint density at radius 3 is 2.78 bits per heavy atom. The number of pyridine rings is 1. The number of nitrogens with zero attached hydrogens (tertiary/aromatic N) is 5. The van der Waals surface area contributed by atoms with Crippen molar-refractivity contribution in [3.05, 3.63) is 41.6 Å². The van der Waals surface area contributed by atoms with Crippen LogP contribution < -0.4 is 20.9 Å². The molecule has 0 radical (unpaired) electrons. The number of aryl methyl sites for hydroxylation is 1. The van der Waals surface area contributed by atoms with Gasteiger partial charge in [-0.05, 0) is 46.0 Å². The van der Waals surface area contributed by atoms with E-state index in [9.17, 15) is 4.39 Å². The molecule has 3 aromatic heterocycles. The summed E-state index contributed by atoms with van der Waals surface area (Å²) in [6, 6.07) is 4.28.